The van der Waals surface area contributed by atoms with Gasteiger partial charge in [0.15, 0.2) is 16.7 Å². The third-order valence-electron chi connectivity index (χ3n) is 1.27. The summed E-state index contributed by atoms with van der Waals surface area (Å²) in [6, 6.07) is 2.10. The zero-order valence-electron chi connectivity index (χ0n) is 7.37. The first-order valence-corrected chi connectivity index (χ1v) is 4.20. The van der Waals surface area contributed by atoms with Gasteiger partial charge in [0.25, 0.3) is 0 Å². The Morgan fingerprint density at radius 2 is 2.31 bits per heavy atom. The minimum atomic E-state index is 0.222. The van der Waals surface area contributed by atoms with Crippen LogP contribution in [-0.4, -0.2) is 16.0 Å². The molecule has 0 radical (unpaired) electrons. The zero-order valence-corrected chi connectivity index (χ0v) is 8.13. The lowest BCUT2D eigenvalue weighted by Crippen LogP contribution is -2.12. The number of anilines is 1. The quantitative estimate of drug-likeness (QED) is 0.784. The number of hydrogen-bond donors (Lipinski definition) is 1. The highest BCUT2D eigenvalue weighted by Crippen LogP contribution is 2.16. The van der Waals surface area contributed by atoms with Crippen LogP contribution < -0.4 is 5.32 Å². The summed E-state index contributed by atoms with van der Waals surface area (Å²) < 4.78 is 0. The van der Waals surface area contributed by atoms with Crippen molar-refractivity contribution in [1.29, 1.82) is 5.26 Å². The normalized spacial score (nSPS) is 9.77. The summed E-state index contributed by atoms with van der Waals surface area (Å²) in [4.78, 5) is 7.79. The predicted molar refractivity (Wildman–Crippen MR) is 50.5 cm³/mol. The fraction of sp³-hybridized carbons (Fsp3) is 0.375. The molecule has 0 unspecified atom stereocenters. The smallest absolute Gasteiger partial charge is 0.172 e. The van der Waals surface area contributed by atoms with Crippen LogP contribution >= 0.6 is 11.6 Å². The van der Waals surface area contributed by atoms with Gasteiger partial charge in [-0.1, -0.05) is 11.6 Å². The number of nitrogens with zero attached hydrogens (tertiary/aromatic N) is 3. The highest BCUT2D eigenvalue weighted by molar-refractivity contribution is 6.31. The van der Waals surface area contributed by atoms with Gasteiger partial charge in [-0.25, -0.2) is 9.97 Å². The molecule has 0 aliphatic rings. The van der Waals surface area contributed by atoms with E-state index in [1.165, 1.54) is 6.20 Å². The van der Waals surface area contributed by atoms with Crippen LogP contribution in [0.25, 0.3) is 0 Å². The van der Waals surface area contributed by atoms with Gasteiger partial charge in [0, 0.05) is 6.04 Å². The molecule has 0 bridgehead atoms. The zero-order chi connectivity index (χ0) is 9.84. The lowest BCUT2D eigenvalue weighted by atomic mass is 10.4. The molecule has 1 heterocycles. The molecule has 1 rings (SSSR count). The largest absolute Gasteiger partial charge is 0.365 e. The first-order valence-electron chi connectivity index (χ1n) is 3.82. The molecule has 0 aliphatic heterocycles. The molecule has 4 nitrogen and oxygen atoms in total. The van der Waals surface area contributed by atoms with E-state index in [2.05, 4.69) is 15.3 Å². The van der Waals surface area contributed by atoms with E-state index in [-0.39, 0.29) is 16.9 Å². The van der Waals surface area contributed by atoms with Crippen molar-refractivity contribution in [2.24, 2.45) is 0 Å². The van der Waals surface area contributed by atoms with Gasteiger partial charge in [0.2, 0.25) is 0 Å². The molecule has 1 aromatic rings. The van der Waals surface area contributed by atoms with Crippen molar-refractivity contribution in [2.45, 2.75) is 19.9 Å². The van der Waals surface area contributed by atoms with E-state index in [1.807, 2.05) is 19.9 Å². The van der Waals surface area contributed by atoms with Crippen LogP contribution in [0.1, 0.15) is 19.5 Å². The predicted octanol–water partition coefficient (Wildman–Crippen LogP) is 1.82. The minimum Gasteiger partial charge on any atom is -0.365 e. The van der Waals surface area contributed by atoms with Crippen molar-refractivity contribution in [3.05, 3.63) is 17.0 Å². The topological polar surface area (TPSA) is 61.6 Å². The fourth-order valence-electron chi connectivity index (χ4n) is 0.791. The van der Waals surface area contributed by atoms with Crippen LogP contribution in [0.3, 0.4) is 0 Å². The van der Waals surface area contributed by atoms with Gasteiger partial charge in [-0.05, 0) is 13.8 Å². The SMILES string of the molecule is CC(C)Nc1ncc(C#N)nc1Cl. The van der Waals surface area contributed by atoms with Crippen LogP contribution in [0.4, 0.5) is 5.82 Å². The van der Waals surface area contributed by atoms with E-state index < -0.39 is 0 Å². The molecule has 1 aromatic heterocycles. The molecule has 5 heteroatoms. The Kier molecular flexibility index (Phi) is 3.04. The van der Waals surface area contributed by atoms with Crippen LogP contribution in [-0.2, 0) is 0 Å². The second kappa shape index (κ2) is 4.06. The molecule has 0 spiro atoms. The Bertz CT molecular complexity index is 342. The second-order valence-electron chi connectivity index (χ2n) is 2.81. The van der Waals surface area contributed by atoms with Crippen molar-refractivity contribution in [2.75, 3.05) is 5.32 Å². The van der Waals surface area contributed by atoms with E-state index in [9.17, 15) is 0 Å². The van der Waals surface area contributed by atoms with E-state index in [1.54, 1.807) is 0 Å². The van der Waals surface area contributed by atoms with E-state index >= 15 is 0 Å². The Labute approximate surface area is 81.6 Å². The average molecular weight is 197 g/mol. The van der Waals surface area contributed by atoms with E-state index in [0.717, 1.165) is 0 Å². The van der Waals surface area contributed by atoms with Crippen LogP contribution in [0.2, 0.25) is 5.15 Å². The summed E-state index contributed by atoms with van der Waals surface area (Å²) >= 11 is 5.77. The number of hydrogen-bond acceptors (Lipinski definition) is 4. The van der Waals surface area contributed by atoms with E-state index in [0.29, 0.717) is 5.82 Å². The summed E-state index contributed by atoms with van der Waals surface area (Å²) in [6.07, 6.45) is 1.39. The van der Waals surface area contributed by atoms with Crippen LogP contribution in [0.5, 0.6) is 0 Å². The van der Waals surface area contributed by atoms with Gasteiger partial charge in [0.05, 0.1) is 6.20 Å². The summed E-state index contributed by atoms with van der Waals surface area (Å²) in [5.41, 5.74) is 0.222. The van der Waals surface area contributed by atoms with Crippen molar-refractivity contribution in [1.82, 2.24) is 9.97 Å². The Balaban J connectivity index is 2.93. The molecular formula is C8H9ClN4. The Hall–Kier alpha value is -1.34. The fourth-order valence-corrected chi connectivity index (χ4v) is 0.985. The molecule has 0 fully saturated rings. The molecule has 0 atom stereocenters. The molecule has 0 saturated carbocycles. The average Bonchev–Trinajstić information content (AvgIpc) is 2.08. The van der Waals surface area contributed by atoms with Crippen LogP contribution in [0, 0.1) is 11.3 Å². The third kappa shape index (κ3) is 2.56. The number of nitrogens with one attached hydrogen (secondary N) is 1. The molecular weight excluding hydrogens is 188 g/mol. The van der Waals surface area contributed by atoms with Crippen LogP contribution in [0.15, 0.2) is 6.20 Å². The van der Waals surface area contributed by atoms with Crippen molar-refractivity contribution in [3.63, 3.8) is 0 Å². The maximum absolute atomic E-state index is 8.50. The number of aromatic nitrogens is 2. The van der Waals surface area contributed by atoms with Gasteiger partial charge >= 0.3 is 0 Å². The van der Waals surface area contributed by atoms with E-state index in [4.69, 9.17) is 16.9 Å². The molecule has 1 N–H and O–H groups in total. The second-order valence-corrected chi connectivity index (χ2v) is 3.16. The molecule has 13 heavy (non-hydrogen) atoms. The van der Waals surface area contributed by atoms with Crippen molar-refractivity contribution >= 4 is 17.4 Å². The highest BCUT2D eigenvalue weighted by atomic mass is 35.5. The molecule has 0 amide bonds. The summed E-state index contributed by atoms with van der Waals surface area (Å²) in [6.45, 7) is 3.94. The van der Waals surface area contributed by atoms with Gasteiger partial charge in [0.1, 0.15) is 6.07 Å². The summed E-state index contributed by atoms with van der Waals surface area (Å²) in [5, 5.41) is 11.7. The molecule has 0 saturated heterocycles. The first-order chi connectivity index (χ1) is 6.13. The highest BCUT2D eigenvalue weighted by Gasteiger charge is 2.05. The molecule has 0 aliphatic carbocycles. The molecule has 68 valence electrons. The van der Waals surface area contributed by atoms with Gasteiger partial charge < -0.3 is 5.32 Å². The Morgan fingerprint density at radius 1 is 1.62 bits per heavy atom. The maximum atomic E-state index is 8.50. The lowest BCUT2D eigenvalue weighted by molar-refractivity contribution is 0.885. The van der Waals surface area contributed by atoms with Gasteiger partial charge in [-0.15, -0.1) is 0 Å². The maximum Gasteiger partial charge on any atom is 0.172 e. The number of nitriles is 1. The minimum absolute atomic E-state index is 0.222. The first kappa shape index (κ1) is 9.75. The molecule has 0 aromatic carbocycles. The Morgan fingerprint density at radius 3 is 2.77 bits per heavy atom. The van der Waals surface area contributed by atoms with Gasteiger partial charge in [-0.2, -0.15) is 5.26 Å². The number of rotatable bonds is 2. The number of halogens is 1. The van der Waals surface area contributed by atoms with Crippen molar-refractivity contribution < 1.29 is 0 Å². The summed E-state index contributed by atoms with van der Waals surface area (Å²) in [7, 11) is 0. The van der Waals surface area contributed by atoms with Gasteiger partial charge in [-0.3, -0.25) is 0 Å². The standard InChI is InChI=1S/C8H9ClN4/c1-5(2)12-8-7(9)13-6(3-10)4-11-8/h4-5H,1-2H3,(H,11,12). The summed E-state index contributed by atoms with van der Waals surface area (Å²) in [5.74, 6) is 0.510. The lowest BCUT2D eigenvalue weighted by Gasteiger charge is -2.09. The monoisotopic (exact) mass is 196 g/mol. The third-order valence-corrected chi connectivity index (χ3v) is 1.53. The van der Waals surface area contributed by atoms with Crippen molar-refractivity contribution in [3.8, 4) is 6.07 Å².